The number of imidazole rings is 1. The molecule has 0 spiro atoms. The van der Waals surface area contributed by atoms with Gasteiger partial charge in [0.15, 0.2) is 0 Å². The number of hydrogen-bond donors (Lipinski definition) is 0. The van der Waals surface area contributed by atoms with Gasteiger partial charge in [-0.3, -0.25) is 14.7 Å². The Morgan fingerprint density at radius 1 is 0.962 bits per heavy atom. The van der Waals surface area contributed by atoms with E-state index in [0.717, 1.165) is 5.82 Å². The third-order valence-electron chi connectivity index (χ3n) is 4.27. The van der Waals surface area contributed by atoms with Gasteiger partial charge in [-0.05, 0) is 12.1 Å². The van der Waals surface area contributed by atoms with E-state index in [1.165, 1.54) is 17.2 Å². The number of hydrogen-bond acceptors (Lipinski definition) is 8. The van der Waals surface area contributed by atoms with Gasteiger partial charge in [-0.15, -0.1) is 0 Å². The number of rotatable bonds is 4. The summed E-state index contributed by atoms with van der Waals surface area (Å²) in [5, 5.41) is 11.7. The Hall–Kier alpha value is -3.56. The lowest BCUT2D eigenvalue weighted by Gasteiger charge is -2.35. The fourth-order valence-corrected chi connectivity index (χ4v) is 3.02. The first kappa shape index (κ1) is 15.9. The Morgan fingerprint density at radius 3 is 2.38 bits per heavy atom. The lowest BCUT2D eigenvalue weighted by Crippen LogP contribution is -2.47. The molecule has 0 amide bonds. The summed E-state index contributed by atoms with van der Waals surface area (Å²) >= 11 is 0. The van der Waals surface area contributed by atoms with Crippen LogP contribution in [0.1, 0.15) is 0 Å². The van der Waals surface area contributed by atoms with Crippen molar-refractivity contribution in [3.05, 3.63) is 59.6 Å². The second-order valence-corrected chi connectivity index (χ2v) is 5.76. The predicted molar refractivity (Wildman–Crippen MR) is 94.5 cm³/mol. The first-order valence-corrected chi connectivity index (χ1v) is 8.12. The van der Waals surface area contributed by atoms with Gasteiger partial charge in [0.1, 0.15) is 18.5 Å². The molecule has 0 atom stereocenters. The van der Waals surface area contributed by atoms with E-state index in [4.69, 9.17) is 0 Å². The Labute approximate surface area is 148 Å². The molecule has 0 aliphatic carbocycles. The summed E-state index contributed by atoms with van der Waals surface area (Å²) in [7, 11) is 0. The summed E-state index contributed by atoms with van der Waals surface area (Å²) in [4.78, 5) is 31.9. The van der Waals surface area contributed by atoms with Gasteiger partial charge >= 0.3 is 5.69 Å². The fraction of sp³-hybridized carbons (Fsp3) is 0.250. The minimum atomic E-state index is -0.435. The molecular weight excluding hydrogens is 336 g/mol. The van der Waals surface area contributed by atoms with Crippen molar-refractivity contribution < 1.29 is 4.92 Å². The Morgan fingerprint density at radius 2 is 1.73 bits per heavy atom. The van der Waals surface area contributed by atoms with E-state index in [1.54, 1.807) is 18.6 Å². The third kappa shape index (κ3) is 2.92. The van der Waals surface area contributed by atoms with Crippen LogP contribution in [0, 0.1) is 10.1 Å². The first-order valence-electron chi connectivity index (χ1n) is 8.12. The molecule has 0 N–H and O–H groups in total. The molecule has 4 rings (SSSR count). The van der Waals surface area contributed by atoms with Gasteiger partial charge in [0.05, 0.1) is 4.92 Å². The van der Waals surface area contributed by atoms with Crippen molar-refractivity contribution in [2.45, 2.75) is 0 Å². The van der Waals surface area contributed by atoms with Crippen molar-refractivity contribution in [1.29, 1.82) is 0 Å². The minimum Gasteiger partial charge on any atom is -0.353 e. The van der Waals surface area contributed by atoms with Gasteiger partial charge in [-0.1, -0.05) is 6.07 Å². The molecule has 26 heavy (non-hydrogen) atoms. The zero-order valence-electron chi connectivity index (χ0n) is 13.8. The zero-order chi connectivity index (χ0) is 17.9. The van der Waals surface area contributed by atoms with E-state index in [-0.39, 0.29) is 11.5 Å². The van der Waals surface area contributed by atoms with E-state index in [2.05, 4.69) is 24.8 Å². The molecule has 0 radical (unpaired) electrons. The molecular formula is C16H16N8O2. The van der Waals surface area contributed by atoms with Crippen molar-refractivity contribution in [2.24, 2.45) is 0 Å². The zero-order valence-corrected chi connectivity index (χ0v) is 13.8. The van der Waals surface area contributed by atoms with Gasteiger partial charge in [-0.25, -0.2) is 19.9 Å². The highest BCUT2D eigenvalue weighted by molar-refractivity contribution is 5.66. The summed E-state index contributed by atoms with van der Waals surface area (Å²) in [6, 6.07) is 5.78. The maximum atomic E-state index is 11.7. The van der Waals surface area contributed by atoms with Crippen LogP contribution in [0.15, 0.2) is 49.4 Å². The SMILES string of the molecule is O=[N+]([O-])c1c(N2CCN(c3ccccn3)CC2)ncnc1-n1ccnc1. The van der Waals surface area contributed by atoms with Crippen LogP contribution in [0.5, 0.6) is 0 Å². The Bertz CT molecular complexity index is 892. The van der Waals surface area contributed by atoms with Crippen LogP contribution < -0.4 is 9.80 Å². The van der Waals surface area contributed by atoms with Crippen LogP contribution in [0.25, 0.3) is 5.82 Å². The van der Waals surface area contributed by atoms with E-state index in [0.29, 0.717) is 32.0 Å². The lowest BCUT2D eigenvalue weighted by molar-refractivity contribution is -0.384. The van der Waals surface area contributed by atoms with Crippen molar-refractivity contribution in [1.82, 2.24) is 24.5 Å². The number of pyridine rings is 1. The maximum Gasteiger partial charge on any atom is 0.354 e. The van der Waals surface area contributed by atoms with Gasteiger partial charge < -0.3 is 9.80 Å². The average Bonchev–Trinajstić information content (AvgIpc) is 3.23. The molecule has 10 heteroatoms. The second-order valence-electron chi connectivity index (χ2n) is 5.76. The number of nitrogens with zero attached hydrogens (tertiary/aromatic N) is 8. The van der Waals surface area contributed by atoms with Gasteiger partial charge in [0.2, 0.25) is 11.6 Å². The van der Waals surface area contributed by atoms with Crippen LogP contribution in [-0.2, 0) is 0 Å². The molecule has 4 heterocycles. The average molecular weight is 352 g/mol. The smallest absolute Gasteiger partial charge is 0.353 e. The summed E-state index contributed by atoms with van der Waals surface area (Å²) in [6.45, 7) is 2.63. The predicted octanol–water partition coefficient (Wildman–Crippen LogP) is 1.29. The van der Waals surface area contributed by atoms with Gasteiger partial charge in [0, 0.05) is 44.8 Å². The summed E-state index contributed by atoms with van der Waals surface area (Å²) in [6.07, 6.45) is 7.77. The molecule has 1 fully saturated rings. The minimum absolute atomic E-state index is 0.114. The topological polar surface area (TPSA) is 106 Å². The molecule has 3 aromatic heterocycles. The van der Waals surface area contributed by atoms with Crippen LogP contribution in [0.4, 0.5) is 17.3 Å². The number of aromatic nitrogens is 5. The standard InChI is InChI=1S/C16H16N8O2/c25-24(26)14-15(19-11-20-16(14)23-6-5-17-12-23)22-9-7-21(8-10-22)13-3-1-2-4-18-13/h1-6,11-12H,7-10H2. The fourth-order valence-electron chi connectivity index (χ4n) is 3.02. The summed E-state index contributed by atoms with van der Waals surface area (Å²) in [5.74, 6) is 1.45. The van der Waals surface area contributed by atoms with Gasteiger partial charge in [0.25, 0.3) is 0 Å². The summed E-state index contributed by atoms with van der Waals surface area (Å²) in [5.41, 5.74) is -0.114. The first-order chi connectivity index (χ1) is 12.7. The van der Waals surface area contributed by atoms with E-state index in [9.17, 15) is 10.1 Å². The Kier molecular flexibility index (Phi) is 4.14. The van der Waals surface area contributed by atoms with Crippen molar-refractivity contribution >= 4 is 17.3 Å². The molecule has 0 bridgehead atoms. The normalized spacial score (nSPS) is 14.5. The summed E-state index contributed by atoms with van der Waals surface area (Å²) < 4.78 is 1.52. The third-order valence-corrected chi connectivity index (χ3v) is 4.27. The number of nitro groups is 1. The molecule has 1 saturated heterocycles. The highest BCUT2D eigenvalue weighted by Gasteiger charge is 2.30. The van der Waals surface area contributed by atoms with E-state index in [1.807, 2.05) is 23.1 Å². The molecule has 0 aromatic carbocycles. The van der Waals surface area contributed by atoms with Crippen molar-refractivity contribution in [3.63, 3.8) is 0 Å². The molecule has 0 saturated carbocycles. The Balaban J connectivity index is 1.61. The van der Waals surface area contributed by atoms with Crippen molar-refractivity contribution in [2.75, 3.05) is 36.0 Å². The van der Waals surface area contributed by atoms with E-state index >= 15 is 0 Å². The van der Waals surface area contributed by atoms with Crippen LogP contribution in [-0.4, -0.2) is 55.6 Å². The van der Waals surface area contributed by atoms with Crippen LogP contribution in [0.3, 0.4) is 0 Å². The van der Waals surface area contributed by atoms with Crippen molar-refractivity contribution in [3.8, 4) is 5.82 Å². The monoisotopic (exact) mass is 352 g/mol. The second kappa shape index (κ2) is 6.75. The molecule has 10 nitrogen and oxygen atoms in total. The van der Waals surface area contributed by atoms with Gasteiger partial charge in [-0.2, -0.15) is 0 Å². The van der Waals surface area contributed by atoms with Crippen LogP contribution >= 0.6 is 0 Å². The molecule has 1 aliphatic rings. The van der Waals surface area contributed by atoms with E-state index < -0.39 is 4.92 Å². The molecule has 3 aromatic rings. The number of anilines is 2. The molecule has 0 unspecified atom stereocenters. The molecule has 1 aliphatic heterocycles. The quantitative estimate of drug-likeness (QED) is 0.511. The van der Waals surface area contributed by atoms with Crippen LogP contribution in [0.2, 0.25) is 0 Å². The molecule has 132 valence electrons. The highest BCUT2D eigenvalue weighted by Crippen LogP contribution is 2.31. The highest BCUT2D eigenvalue weighted by atomic mass is 16.6. The maximum absolute atomic E-state index is 11.7. The number of piperazine rings is 1. The lowest BCUT2D eigenvalue weighted by atomic mass is 10.3. The largest absolute Gasteiger partial charge is 0.354 e.